The maximum atomic E-state index is 12.9. The molecule has 1 aliphatic rings. The molecule has 0 saturated carbocycles. The van der Waals surface area contributed by atoms with Crippen molar-refractivity contribution in [1.82, 2.24) is 10.1 Å². The number of benzene rings is 1. The van der Waals surface area contributed by atoms with E-state index in [1.807, 2.05) is 0 Å². The maximum Gasteiger partial charge on any atom is 0.270 e. The second kappa shape index (κ2) is 8.61. The number of hydrogen-bond acceptors (Lipinski definition) is 7. The van der Waals surface area contributed by atoms with Crippen molar-refractivity contribution in [3.05, 3.63) is 51.8 Å². The lowest BCUT2D eigenvalue weighted by Crippen LogP contribution is -2.42. The lowest BCUT2D eigenvalue weighted by Gasteiger charge is -2.24. The van der Waals surface area contributed by atoms with Gasteiger partial charge in [0, 0.05) is 36.9 Å². The molecule has 1 aliphatic heterocycles. The number of aryl methyl sites for hydroxylation is 1. The van der Waals surface area contributed by atoms with Crippen molar-refractivity contribution in [2.45, 2.75) is 25.9 Å². The van der Waals surface area contributed by atoms with Crippen LogP contribution in [0.4, 0.5) is 11.5 Å². The summed E-state index contributed by atoms with van der Waals surface area (Å²) < 4.78 is 10.5. The Labute approximate surface area is 160 Å². The van der Waals surface area contributed by atoms with E-state index in [9.17, 15) is 19.7 Å². The van der Waals surface area contributed by atoms with E-state index in [1.165, 1.54) is 29.2 Å². The van der Waals surface area contributed by atoms with Gasteiger partial charge in [0.15, 0.2) is 5.82 Å². The van der Waals surface area contributed by atoms with E-state index in [2.05, 4.69) is 10.5 Å². The number of carbonyl (C=O) groups is 2. The summed E-state index contributed by atoms with van der Waals surface area (Å²) in [6, 6.07) is 6.99. The first-order valence-corrected chi connectivity index (χ1v) is 8.81. The highest BCUT2D eigenvalue weighted by Crippen LogP contribution is 2.18. The summed E-state index contributed by atoms with van der Waals surface area (Å²) in [7, 11) is 0. The monoisotopic (exact) mass is 388 g/mol. The fraction of sp³-hybridized carbons (Fsp3) is 0.389. The lowest BCUT2D eigenvalue weighted by atomic mass is 10.1. The van der Waals surface area contributed by atoms with Crippen molar-refractivity contribution < 1.29 is 23.8 Å². The summed E-state index contributed by atoms with van der Waals surface area (Å²) in [5, 5.41) is 17.2. The van der Waals surface area contributed by atoms with Crippen LogP contribution in [-0.4, -0.2) is 52.6 Å². The van der Waals surface area contributed by atoms with Gasteiger partial charge in [0.05, 0.1) is 11.0 Å². The van der Waals surface area contributed by atoms with Crippen LogP contribution in [-0.2, 0) is 9.53 Å². The van der Waals surface area contributed by atoms with E-state index in [-0.39, 0.29) is 36.3 Å². The quantitative estimate of drug-likeness (QED) is 0.568. The third-order valence-corrected chi connectivity index (χ3v) is 4.27. The predicted molar refractivity (Wildman–Crippen MR) is 97.8 cm³/mol. The van der Waals surface area contributed by atoms with Gasteiger partial charge in [0.2, 0.25) is 5.91 Å². The summed E-state index contributed by atoms with van der Waals surface area (Å²) in [5.74, 6) is -0.141. The van der Waals surface area contributed by atoms with Gasteiger partial charge in [-0.25, -0.2) is 0 Å². The molecule has 1 saturated heterocycles. The van der Waals surface area contributed by atoms with Crippen LogP contribution in [0.3, 0.4) is 0 Å². The van der Waals surface area contributed by atoms with E-state index < -0.39 is 16.7 Å². The number of anilines is 1. The number of nitrogens with one attached hydrogen (secondary N) is 1. The molecule has 1 fully saturated rings. The van der Waals surface area contributed by atoms with Crippen LogP contribution in [0.25, 0.3) is 0 Å². The first kappa shape index (κ1) is 19.5. The van der Waals surface area contributed by atoms with Crippen LogP contribution in [0.2, 0.25) is 0 Å². The molecule has 0 aliphatic carbocycles. The highest BCUT2D eigenvalue weighted by molar-refractivity contribution is 5.99. The zero-order chi connectivity index (χ0) is 20.1. The molecule has 10 heteroatoms. The highest BCUT2D eigenvalue weighted by atomic mass is 16.6. The third kappa shape index (κ3) is 4.92. The van der Waals surface area contributed by atoms with Gasteiger partial charge >= 0.3 is 0 Å². The van der Waals surface area contributed by atoms with Crippen LogP contribution in [0, 0.1) is 17.0 Å². The van der Waals surface area contributed by atoms with Crippen molar-refractivity contribution in [2.24, 2.45) is 0 Å². The largest absolute Gasteiger partial charge is 0.376 e. The number of rotatable bonds is 7. The molecule has 2 heterocycles. The van der Waals surface area contributed by atoms with Gasteiger partial charge in [0.1, 0.15) is 12.3 Å². The number of ether oxygens (including phenoxy) is 1. The molecule has 2 amide bonds. The molecule has 0 spiro atoms. The average molecular weight is 388 g/mol. The second-order valence-corrected chi connectivity index (χ2v) is 6.50. The number of nitro groups is 1. The molecule has 1 N–H and O–H groups in total. The minimum absolute atomic E-state index is 0.136. The van der Waals surface area contributed by atoms with Crippen LogP contribution in [0.15, 0.2) is 34.9 Å². The number of aromatic nitrogens is 1. The zero-order valence-corrected chi connectivity index (χ0v) is 15.3. The zero-order valence-electron chi connectivity index (χ0n) is 15.3. The molecule has 1 atom stereocenters. The minimum Gasteiger partial charge on any atom is -0.376 e. The summed E-state index contributed by atoms with van der Waals surface area (Å²) in [5.41, 5.74) is -0.0530. The van der Waals surface area contributed by atoms with Gasteiger partial charge in [-0.1, -0.05) is 11.2 Å². The summed E-state index contributed by atoms with van der Waals surface area (Å²) in [4.78, 5) is 37.1. The van der Waals surface area contributed by atoms with Gasteiger partial charge in [0.25, 0.3) is 11.6 Å². The summed E-state index contributed by atoms with van der Waals surface area (Å²) in [6.07, 6.45) is 1.49. The fourth-order valence-electron chi connectivity index (χ4n) is 2.97. The van der Waals surface area contributed by atoms with Crippen molar-refractivity contribution in [2.75, 3.05) is 25.0 Å². The summed E-state index contributed by atoms with van der Waals surface area (Å²) >= 11 is 0. The number of non-ortho nitro benzene ring substituents is 1. The average Bonchev–Trinajstić information content (AvgIpc) is 3.32. The molecule has 1 aromatic carbocycles. The van der Waals surface area contributed by atoms with Crippen LogP contribution >= 0.6 is 0 Å². The van der Waals surface area contributed by atoms with Gasteiger partial charge in [-0.2, -0.15) is 0 Å². The Morgan fingerprint density at radius 3 is 2.86 bits per heavy atom. The predicted octanol–water partition coefficient (Wildman–Crippen LogP) is 2.15. The molecular weight excluding hydrogens is 368 g/mol. The molecular formula is C18H20N4O6. The normalized spacial score (nSPS) is 16.0. The topological polar surface area (TPSA) is 128 Å². The lowest BCUT2D eigenvalue weighted by molar-refractivity contribution is -0.384. The van der Waals surface area contributed by atoms with Crippen molar-refractivity contribution >= 4 is 23.3 Å². The van der Waals surface area contributed by atoms with Crippen LogP contribution in [0.5, 0.6) is 0 Å². The van der Waals surface area contributed by atoms with Crippen LogP contribution < -0.4 is 5.32 Å². The molecule has 0 radical (unpaired) electrons. The third-order valence-electron chi connectivity index (χ3n) is 4.27. The second-order valence-electron chi connectivity index (χ2n) is 6.50. The van der Waals surface area contributed by atoms with E-state index in [1.54, 1.807) is 13.0 Å². The van der Waals surface area contributed by atoms with Gasteiger partial charge in [-0.15, -0.1) is 0 Å². The molecule has 3 rings (SSSR count). The Morgan fingerprint density at radius 2 is 2.21 bits per heavy atom. The van der Waals surface area contributed by atoms with Crippen molar-refractivity contribution in [3.8, 4) is 0 Å². The van der Waals surface area contributed by atoms with Gasteiger partial charge in [-0.3, -0.25) is 19.7 Å². The molecule has 1 unspecified atom stereocenters. The van der Waals surface area contributed by atoms with E-state index in [4.69, 9.17) is 9.26 Å². The Kier molecular flexibility index (Phi) is 5.99. The molecule has 10 nitrogen and oxygen atoms in total. The Morgan fingerprint density at radius 1 is 1.39 bits per heavy atom. The molecule has 0 bridgehead atoms. The molecule has 1 aromatic heterocycles. The molecule has 2 aromatic rings. The SMILES string of the molecule is Cc1cc(NC(=O)CN(CC2CCCO2)C(=O)c2cccc([N+](=O)[O-])c2)no1. The van der Waals surface area contributed by atoms with E-state index in [0.717, 1.165) is 12.8 Å². The first-order chi connectivity index (χ1) is 13.4. The number of nitro benzene ring substituents is 1. The van der Waals surface area contributed by atoms with Crippen molar-refractivity contribution in [3.63, 3.8) is 0 Å². The van der Waals surface area contributed by atoms with Crippen molar-refractivity contribution in [1.29, 1.82) is 0 Å². The Hall–Kier alpha value is -3.27. The van der Waals surface area contributed by atoms with Gasteiger partial charge in [-0.05, 0) is 25.8 Å². The molecule has 28 heavy (non-hydrogen) atoms. The smallest absolute Gasteiger partial charge is 0.270 e. The maximum absolute atomic E-state index is 12.9. The Bertz CT molecular complexity index is 874. The Balaban J connectivity index is 1.75. The van der Waals surface area contributed by atoms with E-state index >= 15 is 0 Å². The minimum atomic E-state index is -0.569. The molecule has 148 valence electrons. The highest BCUT2D eigenvalue weighted by Gasteiger charge is 2.26. The first-order valence-electron chi connectivity index (χ1n) is 8.81. The number of hydrogen-bond donors (Lipinski definition) is 1. The fourth-order valence-corrected chi connectivity index (χ4v) is 2.97. The summed E-state index contributed by atoms with van der Waals surface area (Å²) in [6.45, 7) is 2.27. The number of nitrogens with zero attached hydrogens (tertiary/aromatic N) is 3. The number of amides is 2. The standard InChI is InChI=1S/C18H20N4O6/c1-12-8-16(20-28-12)19-17(23)11-21(10-15-6-3-7-27-15)18(24)13-4-2-5-14(9-13)22(25)26/h2,4-5,8-9,15H,3,6-7,10-11H2,1H3,(H,19,20,23). The van der Waals surface area contributed by atoms with Gasteiger partial charge < -0.3 is 19.5 Å². The van der Waals surface area contributed by atoms with E-state index in [0.29, 0.717) is 12.4 Å². The number of carbonyl (C=O) groups excluding carboxylic acids is 2. The van der Waals surface area contributed by atoms with Crippen LogP contribution in [0.1, 0.15) is 29.0 Å².